The summed E-state index contributed by atoms with van der Waals surface area (Å²) in [5.41, 5.74) is 1.14. The first-order valence-electron chi connectivity index (χ1n) is 4.04. The van der Waals surface area contributed by atoms with Crippen molar-refractivity contribution >= 4 is 5.76 Å². The predicted molar refractivity (Wildman–Crippen MR) is 49.3 cm³/mol. The van der Waals surface area contributed by atoms with Crippen molar-refractivity contribution in [3.05, 3.63) is 54.3 Å². The first-order valence-corrected chi connectivity index (χ1v) is 4.04. The van der Waals surface area contributed by atoms with E-state index in [0.717, 1.165) is 17.7 Å². The zero-order valence-corrected chi connectivity index (χ0v) is 6.73. The maximum atomic E-state index is 5.34. The van der Waals surface area contributed by atoms with Gasteiger partial charge in [-0.25, -0.2) is 0 Å². The molecule has 0 amide bonds. The van der Waals surface area contributed by atoms with E-state index in [1.54, 1.807) is 6.26 Å². The van der Waals surface area contributed by atoms with Crippen LogP contribution in [0.5, 0.6) is 0 Å². The quantitative estimate of drug-likeness (QED) is 0.610. The van der Waals surface area contributed by atoms with Crippen LogP contribution in [0, 0.1) is 0 Å². The summed E-state index contributed by atoms with van der Waals surface area (Å²) in [6.07, 6.45) is 6.77. The minimum Gasteiger partial charge on any atom is -0.465 e. The predicted octanol–water partition coefficient (Wildman–Crippen LogP) is 2.96. The lowest BCUT2D eigenvalue weighted by Crippen LogP contribution is -1.89. The lowest BCUT2D eigenvalue weighted by atomic mass is 10.1. The van der Waals surface area contributed by atoms with Crippen molar-refractivity contribution < 1.29 is 4.74 Å². The van der Waals surface area contributed by atoms with Crippen molar-refractivity contribution in [2.24, 2.45) is 0 Å². The van der Waals surface area contributed by atoms with Gasteiger partial charge >= 0.3 is 0 Å². The second kappa shape index (κ2) is 3.26. The van der Waals surface area contributed by atoms with Crippen molar-refractivity contribution in [2.75, 3.05) is 0 Å². The Bertz CT molecular complexity index is 309. The van der Waals surface area contributed by atoms with Crippen LogP contribution in [-0.4, -0.2) is 0 Å². The van der Waals surface area contributed by atoms with Crippen LogP contribution in [0.1, 0.15) is 12.0 Å². The lowest BCUT2D eigenvalue weighted by molar-refractivity contribution is 0.427. The Morgan fingerprint density at radius 3 is 2.58 bits per heavy atom. The summed E-state index contributed by atoms with van der Waals surface area (Å²) in [7, 11) is 0. The van der Waals surface area contributed by atoms with E-state index in [1.165, 1.54) is 0 Å². The number of benzene rings is 1. The highest BCUT2D eigenvalue weighted by molar-refractivity contribution is 5.60. The summed E-state index contributed by atoms with van der Waals surface area (Å²) in [4.78, 5) is 0. The topological polar surface area (TPSA) is 9.23 Å². The summed E-state index contributed by atoms with van der Waals surface area (Å²) < 4.78 is 5.34. The molecule has 1 heterocycles. The van der Waals surface area contributed by atoms with Crippen molar-refractivity contribution in [1.29, 1.82) is 0 Å². The molecule has 1 aromatic carbocycles. The van der Waals surface area contributed by atoms with Gasteiger partial charge in [0.25, 0.3) is 0 Å². The third-order valence-electron chi connectivity index (χ3n) is 1.79. The average Bonchev–Trinajstić information content (AvgIpc) is 2.21. The third kappa shape index (κ3) is 1.40. The molecule has 0 saturated carbocycles. The number of rotatable bonds is 1. The highest BCUT2D eigenvalue weighted by Gasteiger charge is 2.01. The van der Waals surface area contributed by atoms with Crippen LogP contribution in [0.2, 0.25) is 0 Å². The van der Waals surface area contributed by atoms with Gasteiger partial charge in [0.1, 0.15) is 5.76 Å². The van der Waals surface area contributed by atoms with Gasteiger partial charge in [-0.3, -0.25) is 0 Å². The Labute approximate surface area is 72.0 Å². The molecule has 1 nitrogen and oxygen atoms in total. The Kier molecular flexibility index (Phi) is 1.95. The van der Waals surface area contributed by atoms with Gasteiger partial charge in [0.2, 0.25) is 0 Å². The van der Waals surface area contributed by atoms with Crippen LogP contribution in [-0.2, 0) is 4.74 Å². The minimum atomic E-state index is 0.957. The van der Waals surface area contributed by atoms with Gasteiger partial charge < -0.3 is 4.74 Å². The van der Waals surface area contributed by atoms with Crippen molar-refractivity contribution in [3.63, 3.8) is 0 Å². The van der Waals surface area contributed by atoms with Gasteiger partial charge in [-0.2, -0.15) is 0 Å². The maximum Gasteiger partial charge on any atom is 0.130 e. The minimum absolute atomic E-state index is 0.957. The number of hydrogen-bond donors (Lipinski definition) is 0. The zero-order valence-electron chi connectivity index (χ0n) is 6.73. The highest BCUT2D eigenvalue weighted by atomic mass is 16.5. The molecule has 2 rings (SSSR count). The molecule has 60 valence electrons. The molecule has 1 aromatic rings. The van der Waals surface area contributed by atoms with Crippen LogP contribution in [0.25, 0.3) is 5.76 Å². The molecule has 0 aliphatic carbocycles. The Hall–Kier alpha value is -1.50. The van der Waals surface area contributed by atoms with Crippen molar-refractivity contribution in [2.45, 2.75) is 6.42 Å². The first-order chi connectivity index (χ1) is 5.97. The van der Waals surface area contributed by atoms with Gasteiger partial charge in [-0.05, 0) is 18.6 Å². The third-order valence-corrected chi connectivity index (χ3v) is 1.79. The van der Waals surface area contributed by atoms with Crippen LogP contribution in [0.4, 0.5) is 0 Å². The van der Waals surface area contributed by atoms with Crippen molar-refractivity contribution in [1.82, 2.24) is 0 Å². The number of ether oxygens (including phenoxy) is 1. The molecule has 1 heteroatoms. The number of allylic oxidation sites excluding steroid dienone is 2. The van der Waals surface area contributed by atoms with Crippen LogP contribution < -0.4 is 0 Å². The maximum absolute atomic E-state index is 5.34. The van der Waals surface area contributed by atoms with Crippen molar-refractivity contribution in [3.8, 4) is 0 Å². The summed E-state index contributed by atoms with van der Waals surface area (Å²) in [5, 5.41) is 0. The largest absolute Gasteiger partial charge is 0.465 e. The smallest absolute Gasteiger partial charge is 0.130 e. The van der Waals surface area contributed by atoms with Gasteiger partial charge in [0.05, 0.1) is 6.26 Å². The summed E-state index contributed by atoms with van der Waals surface area (Å²) in [5.74, 6) is 0.957. The Morgan fingerprint density at radius 2 is 1.92 bits per heavy atom. The molecule has 0 atom stereocenters. The molecule has 0 unspecified atom stereocenters. The van der Waals surface area contributed by atoms with Gasteiger partial charge in [0.15, 0.2) is 0 Å². The van der Waals surface area contributed by atoms with Gasteiger partial charge in [0, 0.05) is 5.56 Å². The van der Waals surface area contributed by atoms with Crippen LogP contribution >= 0.6 is 0 Å². The Morgan fingerprint density at radius 1 is 1.08 bits per heavy atom. The molecule has 0 aromatic heterocycles. The molecule has 0 bridgehead atoms. The molecule has 0 fully saturated rings. The molecule has 0 saturated heterocycles. The molecule has 1 aliphatic rings. The molecule has 0 N–H and O–H groups in total. The molecular formula is C11H10O. The van der Waals surface area contributed by atoms with E-state index in [9.17, 15) is 0 Å². The fraction of sp³-hybridized carbons (Fsp3) is 0.0909. The van der Waals surface area contributed by atoms with E-state index in [2.05, 4.69) is 6.08 Å². The summed E-state index contributed by atoms with van der Waals surface area (Å²) in [6.45, 7) is 0. The normalized spacial score (nSPS) is 15.2. The van der Waals surface area contributed by atoms with Crippen LogP contribution in [0.15, 0.2) is 48.7 Å². The molecule has 0 radical (unpaired) electrons. The van der Waals surface area contributed by atoms with E-state index in [0.29, 0.717) is 0 Å². The van der Waals surface area contributed by atoms with E-state index in [1.807, 2.05) is 36.4 Å². The molecule has 0 spiro atoms. The number of hydrogen-bond acceptors (Lipinski definition) is 1. The second-order valence-corrected chi connectivity index (χ2v) is 2.66. The average molecular weight is 158 g/mol. The van der Waals surface area contributed by atoms with Gasteiger partial charge in [-0.1, -0.05) is 30.3 Å². The van der Waals surface area contributed by atoms with E-state index in [4.69, 9.17) is 4.74 Å². The van der Waals surface area contributed by atoms with E-state index < -0.39 is 0 Å². The summed E-state index contributed by atoms with van der Waals surface area (Å²) >= 11 is 0. The van der Waals surface area contributed by atoms with E-state index >= 15 is 0 Å². The van der Waals surface area contributed by atoms with E-state index in [-0.39, 0.29) is 0 Å². The molecule has 12 heavy (non-hydrogen) atoms. The summed E-state index contributed by atoms with van der Waals surface area (Å²) in [6, 6.07) is 10.1. The SMILES string of the molecule is C1=COC(c2ccccc2)=CC1. The fourth-order valence-corrected chi connectivity index (χ4v) is 1.19. The first kappa shape index (κ1) is 7.17. The Balaban J connectivity index is 2.26. The molecular weight excluding hydrogens is 148 g/mol. The zero-order chi connectivity index (χ0) is 8.23. The van der Waals surface area contributed by atoms with Crippen LogP contribution in [0.3, 0.4) is 0 Å². The van der Waals surface area contributed by atoms with Gasteiger partial charge in [-0.15, -0.1) is 0 Å². The fourth-order valence-electron chi connectivity index (χ4n) is 1.19. The highest BCUT2D eigenvalue weighted by Crippen LogP contribution is 2.19. The second-order valence-electron chi connectivity index (χ2n) is 2.66. The lowest BCUT2D eigenvalue weighted by Gasteiger charge is -2.08. The molecule has 1 aliphatic heterocycles. The monoisotopic (exact) mass is 158 g/mol. The standard InChI is InChI=1S/C11H10O/c1-2-6-10(7-3-1)11-8-4-5-9-12-11/h1-3,5-9H,4H2.